The number of anilines is 2. The van der Waals surface area contributed by atoms with E-state index in [-0.39, 0.29) is 23.2 Å². The maximum Gasteiger partial charge on any atom is 0.240 e. The molecule has 0 spiro atoms. The third-order valence-electron chi connectivity index (χ3n) is 2.61. The van der Waals surface area contributed by atoms with E-state index in [1.807, 2.05) is 13.8 Å². The molecule has 0 aliphatic carbocycles. The fourth-order valence-corrected chi connectivity index (χ4v) is 2.42. The Bertz CT molecular complexity index is 584. The number of rotatable bonds is 5. The van der Waals surface area contributed by atoms with E-state index in [1.54, 1.807) is 11.0 Å². The van der Waals surface area contributed by atoms with Crippen molar-refractivity contribution in [1.82, 2.24) is 0 Å². The highest BCUT2D eigenvalue weighted by molar-refractivity contribution is 7.89. The minimum atomic E-state index is -3.91. The molecule has 1 aromatic rings. The molecule has 0 radical (unpaired) electrons. The maximum absolute atomic E-state index is 11.4. The fraction of sp³-hybridized carbons (Fsp3) is 0.364. The van der Waals surface area contributed by atoms with Gasteiger partial charge in [-0.25, -0.2) is 13.6 Å². The van der Waals surface area contributed by atoms with Crippen molar-refractivity contribution in [2.24, 2.45) is 10.9 Å². The molecule has 1 aromatic carbocycles. The predicted molar refractivity (Wildman–Crippen MR) is 73.9 cm³/mol. The van der Waals surface area contributed by atoms with Gasteiger partial charge in [0.05, 0.1) is 17.9 Å². The second kappa shape index (κ2) is 5.45. The Kier molecular flexibility index (Phi) is 4.38. The van der Waals surface area contributed by atoms with Crippen molar-refractivity contribution in [3.05, 3.63) is 18.2 Å². The van der Waals surface area contributed by atoms with Crippen molar-refractivity contribution >= 4 is 27.3 Å². The summed E-state index contributed by atoms with van der Waals surface area (Å²) in [7, 11) is -3.91. The third-order valence-corrected chi connectivity index (χ3v) is 3.58. The Morgan fingerprint density at radius 1 is 1.37 bits per heavy atom. The molecule has 0 bridgehead atoms. The number of nitrogens with two attached hydrogens (primary N) is 3. The number of nitrogens with zero attached hydrogens (tertiary/aromatic N) is 1. The van der Waals surface area contributed by atoms with Crippen LogP contribution < -0.4 is 21.5 Å². The first-order chi connectivity index (χ1) is 8.64. The van der Waals surface area contributed by atoms with E-state index in [4.69, 9.17) is 16.6 Å². The molecular weight excluding hydrogens is 268 g/mol. The first-order valence-electron chi connectivity index (χ1n) is 5.60. The summed E-state index contributed by atoms with van der Waals surface area (Å²) in [6.45, 7) is 3.62. The fourth-order valence-electron chi connectivity index (χ4n) is 1.74. The van der Waals surface area contributed by atoms with E-state index in [0.29, 0.717) is 5.69 Å². The van der Waals surface area contributed by atoms with Crippen LogP contribution in [0.15, 0.2) is 23.1 Å². The van der Waals surface area contributed by atoms with Crippen LogP contribution >= 0.6 is 0 Å². The van der Waals surface area contributed by atoms with Gasteiger partial charge < -0.3 is 16.4 Å². The molecular formula is C11H18N4O3S. The van der Waals surface area contributed by atoms with E-state index in [2.05, 4.69) is 0 Å². The smallest absolute Gasteiger partial charge is 0.240 e. The van der Waals surface area contributed by atoms with Gasteiger partial charge in [-0.3, -0.25) is 4.79 Å². The van der Waals surface area contributed by atoms with Gasteiger partial charge >= 0.3 is 0 Å². The number of primary amides is 1. The number of carbonyl (C=O) groups excluding carboxylic acids is 1. The number of primary sulfonamides is 1. The van der Waals surface area contributed by atoms with Crippen molar-refractivity contribution in [1.29, 1.82) is 0 Å². The number of benzene rings is 1. The van der Waals surface area contributed by atoms with E-state index >= 15 is 0 Å². The van der Waals surface area contributed by atoms with Crippen LogP contribution in [0.3, 0.4) is 0 Å². The summed E-state index contributed by atoms with van der Waals surface area (Å²) >= 11 is 0. The van der Waals surface area contributed by atoms with Crippen LogP contribution in [0.25, 0.3) is 0 Å². The monoisotopic (exact) mass is 286 g/mol. The Hall–Kier alpha value is -1.80. The lowest BCUT2D eigenvalue weighted by Crippen LogP contribution is -2.39. The van der Waals surface area contributed by atoms with Crippen LogP contribution in [-0.4, -0.2) is 26.9 Å². The third kappa shape index (κ3) is 3.58. The van der Waals surface area contributed by atoms with Gasteiger partial charge in [-0.05, 0) is 26.0 Å². The summed E-state index contributed by atoms with van der Waals surface area (Å²) in [4.78, 5) is 12.5. The lowest BCUT2D eigenvalue weighted by Gasteiger charge is -2.29. The second-order valence-corrected chi connectivity index (χ2v) is 5.95. The van der Waals surface area contributed by atoms with Crippen LogP contribution in [0, 0.1) is 0 Å². The quantitative estimate of drug-likeness (QED) is 0.634. The molecule has 6 N–H and O–H groups in total. The number of sulfonamides is 1. The molecule has 0 fully saturated rings. The summed E-state index contributed by atoms with van der Waals surface area (Å²) in [5.74, 6) is -0.533. The Labute approximate surface area is 112 Å². The maximum atomic E-state index is 11.4. The summed E-state index contributed by atoms with van der Waals surface area (Å²) < 4.78 is 22.8. The molecule has 106 valence electrons. The number of amides is 1. The zero-order valence-corrected chi connectivity index (χ0v) is 11.6. The van der Waals surface area contributed by atoms with Crippen molar-refractivity contribution in [3.63, 3.8) is 0 Å². The van der Waals surface area contributed by atoms with Crippen molar-refractivity contribution in [3.8, 4) is 0 Å². The summed E-state index contributed by atoms with van der Waals surface area (Å²) in [6, 6.07) is 4.37. The molecule has 0 saturated carbocycles. The number of para-hydroxylation sites is 1. The number of hydrogen-bond donors (Lipinski definition) is 3. The lowest BCUT2D eigenvalue weighted by molar-refractivity contribution is -0.116. The molecule has 8 heteroatoms. The molecule has 0 unspecified atom stereocenters. The van der Waals surface area contributed by atoms with Crippen molar-refractivity contribution < 1.29 is 13.2 Å². The topological polar surface area (TPSA) is 133 Å². The highest BCUT2D eigenvalue weighted by Crippen LogP contribution is 2.30. The number of carbonyl (C=O) groups is 1. The second-order valence-electron chi connectivity index (χ2n) is 4.42. The molecule has 0 aromatic heterocycles. The van der Waals surface area contributed by atoms with E-state index in [9.17, 15) is 13.2 Å². The zero-order valence-electron chi connectivity index (χ0n) is 10.8. The van der Waals surface area contributed by atoms with Gasteiger partial charge in [-0.2, -0.15) is 0 Å². The molecule has 0 aliphatic rings. The van der Waals surface area contributed by atoms with Gasteiger partial charge in [-0.1, -0.05) is 6.07 Å². The van der Waals surface area contributed by atoms with E-state index < -0.39 is 15.9 Å². The Morgan fingerprint density at radius 2 is 1.95 bits per heavy atom. The highest BCUT2D eigenvalue weighted by atomic mass is 32.2. The Morgan fingerprint density at radius 3 is 2.37 bits per heavy atom. The molecule has 1 amide bonds. The summed E-state index contributed by atoms with van der Waals surface area (Å²) in [5, 5.41) is 5.09. The van der Waals surface area contributed by atoms with Gasteiger partial charge in [-0.15, -0.1) is 0 Å². The van der Waals surface area contributed by atoms with Gasteiger partial charge in [0.25, 0.3) is 0 Å². The first kappa shape index (κ1) is 15.3. The highest BCUT2D eigenvalue weighted by Gasteiger charge is 2.20. The molecule has 0 saturated heterocycles. The minimum absolute atomic E-state index is 0.0138. The van der Waals surface area contributed by atoms with Gasteiger partial charge in [0.15, 0.2) is 0 Å². The number of nitrogen functional groups attached to an aromatic ring is 1. The van der Waals surface area contributed by atoms with E-state index in [1.165, 1.54) is 12.1 Å². The molecule has 0 atom stereocenters. The lowest BCUT2D eigenvalue weighted by atomic mass is 10.2. The predicted octanol–water partition coefficient (Wildman–Crippen LogP) is -0.384. The van der Waals surface area contributed by atoms with Crippen LogP contribution in [-0.2, 0) is 14.8 Å². The minimum Gasteiger partial charge on any atom is -0.396 e. The number of hydrogen-bond acceptors (Lipinski definition) is 5. The molecule has 0 aliphatic heterocycles. The first-order valence-corrected chi connectivity index (χ1v) is 7.15. The molecule has 1 rings (SSSR count). The van der Waals surface area contributed by atoms with Crippen LogP contribution in [0.5, 0.6) is 0 Å². The summed E-state index contributed by atoms with van der Waals surface area (Å²) in [5.41, 5.74) is 11.4. The average molecular weight is 286 g/mol. The SMILES string of the molecule is CC(C)N(CC(N)=O)c1cccc(S(N)(=O)=O)c1N. The summed E-state index contributed by atoms with van der Waals surface area (Å²) in [6.07, 6.45) is 0. The molecule has 19 heavy (non-hydrogen) atoms. The van der Waals surface area contributed by atoms with Crippen LogP contribution in [0.1, 0.15) is 13.8 Å². The largest absolute Gasteiger partial charge is 0.396 e. The van der Waals surface area contributed by atoms with Gasteiger partial charge in [0.1, 0.15) is 4.90 Å². The zero-order chi connectivity index (χ0) is 14.8. The van der Waals surface area contributed by atoms with Gasteiger partial charge in [0, 0.05) is 6.04 Å². The van der Waals surface area contributed by atoms with Crippen LogP contribution in [0.4, 0.5) is 11.4 Å². The normalized spacial score (nSPS) is 11.6. The molecule has 7 nitrogen and oxygen atoms in total. The molecule has 0 heterocycles. The van der Waals surface area contributed by atoms with Crippen molar-refractivity contribution in [2.75, 3.05) is 17.2 Å². The van der Waals surface area contributed by atoms with Crippen molar-refractivity contribution in [2.45, 2.75) is 24.8 Å². The van der Waals surface area contributed by atoms with Gasteiger partial charge in [0.2, 0.25) is 15.9 Å². The van der Waals surface area contributed by atoms with E-state index in [0.717, 1.165) is 0 Å². The standard InChI is InChI=1S/C11H18N4O3S/c1-7(2)15(6-10(12)16)8-4-3-5-9(11(8)13)19(14,17)18/h3-5,7H,6,13H2,1-2H3,(H2,12,16)(H2,14,17,18). The Balaban J connectivity index is 3.37. The average Bonchev–Trinajstić information content (AvgIpc) is 2.24. The van der Waals surface area contributed by atoms with Crippen LogP contribution in [0.2, 0.25) is 0 Å².